The number of morpholine rings is 1. The quantitative estimate of drug-likeness (QED) is 0.822. The van der Waals surface area contributed by atoms with Crippen LogP contribution in [0.2, 0.25) is 0 Å². The zero-order chi connectivity index (χ0) is 17.6. The summed E-state index contributed by atoms with van der Waals surface area (Å²) < 4.78 is 12.8. The van der Waals surface area contributed by atoms with Crippen molar-refractivity contribution in [2.45, 2.75) is 25.6 Å². The third kappa shape index (κ3) is 4.58. The second kappa shape index (κ2) is 8.13. The second-order valence-electron chi connectivity index (χ2n) is 6.15. The molecule has 2 heterocycles. The first-order valence-corrected chi connectivity index (χ1v) is 8.32. The molecule has 7 heteroatoms. The third-order valence-electron chi connectivity index (χ3n) is 4.38. The molecule has 7 nitrogen and oxygen atoms in total. The standard InChI is InChI=1S/C18H23N3O4/c1-24-17-4-3-14(9-15(17)12-21-6-2-5-19-21)11-20-7-8-25-13-16(20)10-18(22)23/h2-6,9,16H,7-8,10-13H2,1H3,(H,22,23). The number of carboxylic acids is 1. The Labute approximate surface area is 146 Å². The summed E-state index contributed by atoms with van der Waals surface area (Å²) in [5.74, 6) is 0.0258. The molecule has 3 rings (SSSR count). The zero-order valence-corrected chi connectivity index (χ0v) is 14.3. The normalized spacial score (nSPS) is 18.2. The summed E-state index contributed by atoms with van der Waals surface area (Å²) in [5, 5.41) is 13.3. The second-order valence-corrected chi connectivity index (χ2v) is 6.15. The maximum Gasteiger partial charge on any atom is 0.305 e. The van der Waals surface area contributed by atoms with Crippen LogP contribution in [0.5, 0.6) is 5.75 Å². The minimum Gasteiger partial charge on any atom is -0.496 e. The van der Waals surface area contributed by atoms with Crippen LogP contribution in [0.1, 0.15) is 17.5 Å². The molecule has 1 N–H and O–H groups in total. The molecule has 0 amide bonds. The Morgan fingerprint density at radius 1 is 1.44 bits per heavy atom. The summed E-state index contributed by atoms with van der Waals surface area (Å²) in [4.78, 5) is 13.3. The summed E-state index contributed by atoms with van der Waals surface area (Å²) >= 11 is 0. The van der Waals surface area contributed by atoms with E-state index in [-0.39, 0.29) is 12.5 Å². The lowest BCUT2D eigenvalue weighted by molar-refractivity contribution is -0.140. The Morgan fingerprint density at radius 3 is 3.04 bits per heavy atom. The first-order valence-electron chi connectivity index (χ1n) is 8.32. The Balaban J connectivity index is 1.76. The molecule has 0 radical (unpaired) electrons. The number of carbonyl (C=O) groups is 1. The molecule has 0 bridgehead atoms. The highest BCUT2D eigenvalue weighted by Crippen LogP contribution is 2.23. The largest absolute Gasteiger partial charge is 0.496 e. The lowest BCUT2D eigenvalue weighted by Gasteiger charge is -2.34. The van der Waals surface area contributed by atoms with Crippen molar-refractivity contribution in [1.82, 2.24) is 14.7 Å². The van der Waals surface area contributed by atoms with Crippen LogP contribution in [0.4, 0.5) is 0 Å². The van der Waals surface area contributed by atoms with Gasteiger partial charge in [0.1, 0.15) is 5.75 Å². The average molecular weight is 345 g/mol. The number of hydrogen-bond donors (Lipinski definition) is 1. The van der Waals surface area contributed by atoms with E-state index in [1.54, 1.807) is 13.3 Å². The number of aromatic nitrogens is 2. The van der Waals surface area contributed by atoms with Crippen LogP contribution in [-0.2, 0) is 22.6 Å². The first kappa shape index (κ1) is 17.4. The molecule has 1 aromatic heterocycles. The summed E-state index contributed by atoms with van der Waals surface area (Å²) in [6.07, 6.45) is 3.76. The molecular formula is C18H23N3O4. The van der Waals surface area contributed by atoms with Gasteiger partial charge in [-0.2, -0.15) is 5.10 Å². The molecule has 0 aliphatic carbocycles. The molecule has 1 aromatic carbocycles. The van der Waals surface area contributed by atoms with Gasteiger partial charge in [0.2, 0.25) is 0 Å². The van der Waals surface area contributed by atoms with Crippen LogP contribution >= 0.6 is 0 Å². The molecule has 1 saturated heterocycles. The van der Waals surface area contributed by atoms with Crippen molar-refractivity contribution in [3.05, 3.63) is 47.8 Å². The smallest absolute Gasteiger partial charge is 0.305 e. The van der Waals surface area contributed by atoms with E-state index in [1.165, 1.54) is 0 Å². The van der Waals surface area contributed by atoms with Gasteiger partial charge in [-0.05, 0) is 23.8 Å². The molecule has 25 heavy (non-hydrogen) atoms. The molecule has 1 atom stereocenters. The molecule has 2 aromatic rings. The van der Waals surface area contributed by atoms with Crippen LogP contribution in [0, 0.1) is 0 Å². The summed E-state index contributed by atoms with van der Waals surface area (Å²) in [6.45, 7) is 3.15. The number of nitrogens with zero attached hydrogens (tertiary/aromatic N) is 3. The molecule has 1 aliphatic heterocycles. The minimum atomic E-state index is -0.797. The first-order chi connectivity index (χ1) is 12.2. The van der Waals surface area contributed by atoms with Crippen molar-refractivity contribution >= 4 is 5.97 Å². The fraction of sp³-hybridized carbons (Fsp3) is 0.444. The van der Waals surface area contributed by atoms with Crippen LogP contribution < -0.4 is 4.74 Å². The van der Waals surface area contributed by atoms with E-state index >= 15 is 0 Å². The van der Waals surface area contributed by atoms with E-state index in [9.17, 15) is 4.79 Å². The molecule has 134 valence electrons. The van der Waals surface area contributed by atoms with Gasteiger partial charge in [-0.15, -0.1) is 0 Å². The Morgan fingerprint density at radius 2 is 2.32 bits per heavy atom. The van der Waals surface area contributed by atoms with Gasteiger partial charge in [0.05, 0.1) is 33.3 Å². The third-order valence-corrected chi connectivity index (χ3v) is 4.38. The summed E-state index contributed by atoms with van der Waals surface area (Å²) in [7, 11) is 1.66. The van der Waals surface area contributed by atoms with Gasteiger partial charge < -0.3 is 14.6 Å². The number of benzene rings is 1. The van der Waals surface area contributed by atoms with Crippen molar-refractivity contribution in [1.29, 1.82) is 0 Å². The van der Waals surface area contributed by atoms with Gasteiger partial charge in [0.15, 0.2) is 0 Å². The van der Waals surface area contributed by atoms with Crippen molar-refractivity contribution in [3.63, 3.8) is 0 Å². The lowest BCUT2D eigenvalue weighted by atomic mass is 10.1. The number of ether oxygens (including phenoxy) is 2. The number of carboxylic acid groups (broad SMARTS) is 1. The van der Waals surface area contributed by atoms with Crippen molar-refractivity contribution in [2.75, 3.05) is 26.9 Å². The van der Waals surface area contributed by atoms with Gasteiger partial charge in [-0.3, -0.25) is 14.4 Å². The van der Waals surface area contributed by atoms with E-state index in [4.69, 9.17) is 14.6 Å². The molecular weight excluding hydrogens is 322 g/mol. The predicted octanol–water partition coefficient (Wildman–Crippen LogP) is 1.62. The van der Waals surface area contributed by atoms with E-state index in [1.807, 2.05) is 29.1 Å². The van der Waals surface area contributed by atoms with Crippen molar-refractivity contribution < 1.29 is 19.4 Å². The van der Waals surface area contributed by atoms with Gasteiger partial charge in [-0.25, -0.2) is 0 Å². The monoisotopic (exact) mass is 345 g/mol. The molecule has 1 aliphatic rings. The Hall–Kier alpha value is -2.38. The van der Waals surface area contributed by atoms with Gasteiger partial charge in [0, 0.05) is 37.1 Å². The Kier molecular flexibility index (Phi) is 5.67. The zero-order valence-electron chi connectivity index (χ0n) is 14.3. The number of aliphatic carboxylic acids is 1. The highest BCUT2D eigenvalue weighted by Gasteiger charge is 2.25. The fourth-order valence-electron chi connectivity index (χ4n) is 3.14. The van der Waals surface area contributed by atoms with Crippen molar-refractivity contribution in [2.24, 2.45) is 0 Å². The van der Waals surface area contributed by atoms with Crippen LogP contribution in [0.15, 0.2) is 36.7 Å². The van der Waals surface area contributed by atoms with E-state index in [0.29, 0.717) is 26.3 Å². The number of rotatable bonds is 7. The van der Waals surface area contributed by atoms with Crippen LogP contribution in [0.3, 0.4) is 0 Å². The summed E-state index contributed by atoms with van der Waals surface area (Å²) in [6, 6.07) is 7.89. The molecule has 0 spiro atoms. The summed E-state index contributed by atoms with van der Waals surface area (Å²) in [5.41, 5.74) is 2.17. The number of methoxy groups -OCH3 is 1. The van der Waals surface area contributed by atoms with Crippen LogP contribution in [-0.4, -0.2) is 58.7 Å². The highest BCUT2D eigenvalue weighted by molar-refractivity contribution is 5.67. The minimum absolute atomic E-state index is 0.0936. The molecule has 0 saturated carbocycles. The fourth-order valence-corrected chi connectivity index (χ4v) is 3.14. The molecule has 1 fully saturated rings. The lowest BCUT2D eigenvalue weighted by Crippen LogP contribution is -2.45. The van der Waals surface area contributed by atoms with Crippen molar-refractivity contribution in [3.8, 4) is 5.75 Å². The highest BCUT2D eigenvalue weighted by atomic mass is 16.5. The van der Waals surface area contributed by atoms with E-state index in [0.717, 1.165) is 23.4 Å². The van der Waals surface area contributed by atoms with E-state index < -0.39 is 5.97 Å². The van der Waals surface area contributed by atoms with E-state index in [2.05, 4.69) is 16.1 Å². The van der Waals surface area contributed by atoms with Gasteiger partial charge >= 0.3 is 5.97 Å². The predicted molar refractivity (Wildman–Crippen MR) is 91.6 cm³/mol. The SMILES string of the molecule is COc1ccc(CN2CCOCC2CC(=O)O)cc1Cn1cccn1. The average Bonchev–Trinajstić information content (AvgIpc) is 3.09. The maximum absolute atomic E-state index is 11.1. The molecule has 1 unspecified atom stereocenters. The number of hydrogen-bond acceptors (Lipinski definition) is 5. The van der Waals surface area contributed by atoms with Gasteiger partial charge in [-0.1, -0.05) is 6.07 Å². The topological polar surface area (TPSA) is 76.8 Å². The maximum atomic E-state index is 11.1. The van der Waals surface area contributed by atoms with Crippen LogP contribution in [0.25, 0.3) is 0 Å². The van der Waals surface area contributed by atoms with Gasteiger partial charge in [0.25, 0.3) is 0 Å². The Bertz CT molecular complexity index is 702.